The van der Waals surface area contributed by atoms with E-state index in [4.69, 9.17) is 0 Å². The largest absolute Gasteiger partial charge is 0.337 e. The highest BCUT2D eigenvalue weighted by molar-refractivity contribution is 7.15. The average Bonchev–Trinajstić information content (AvgIpc) is 3.33. The summed E-state index contributed by atoms with van der Waals surface area (Å²) < 4.78 is 0. The first-order valence-electron chi connectivity index (χ1n) is 9.39. The lowest BCUT2D eigenvalue weighted by Crippen LogP contribution is -2.40. The number of amides is 1. The van der Waals surface area contributed by atoms with Gasteiger partial charge in [0.1, 0.15) is 17.3 Å². The Hall–Kier alpha value is -2.81. The van der Waals surface area contributed by atoms with Gasteiger partial charge < -0.3 is 10.2 Å². The third-order valence-electron chi connectivity index (χ3n) is 4.78. The quantitative estimate of drug-likeness (QED) is 0.686. The zero-order chi connectivity index (χ0) is 19.5. The molecular formula is C19H23N7OS. The van der Waals surface area contributed by atoms with Gasteiger partial charge in [0, 0.05) is 42.1 Å². The molecule has 4 rings (SSSR count). The molecule has 0 bridgehead atoms. The minimum atomic E-state index is 0.0163. The predicted octanol–water partition coefficient (Wildman–Crippen LogP) is 3.11. The van der Waals surface area contributed by atoms with Crippen LogP contribution in [0.2, 0.25) is 0 Å². The molecule has 2 N–H and O–H groups in total. The predicted molar refractivity (Wildman–Crippen MR) is 108 cm³/mol. The molecule has 0 saturated carbocycles. The molecule has 1 fully saturated rings. The van der Waals surface area contributed by atoms with Crippen LogP contribution >= 0.6 is 11.3 Å². The summed E-state index contributed by atoms with van der Waals surface area (Å²) in [6, 6.07) is 3.71. The number of hydrogen-bond acceptors (Lipinski definition) is 7. The van der Waals surface area contributed by atoms with Gasteiger partial charge >= 0.3 is 0 Å². The Balaban J connectivity index is 1.43. The minimum absolute atomic E-state index is 0.0163. The summed E-state index contributed by atoms with van der Waals surface area (Å²) in [7, 11) is 0. The molecule has 146 valence electrons. The molecule has 0 radical (unpaired) electrons. The Bertz CT molecular complexity index is 953. The van der Waals surface area contributed by atoms with Crippen LogP contribution in [-0.4, -0.2) is 49.0 Å². The van der Waals surface area contributed by atoms with Crippen LogP contribution in [0.15, 0.2) is 24.5 Å². The van der Waals surface area contributed by atoms with Crippen molar-refractivity contribution in [2.75, 3.05) is 18.4 Å². The highest BCUT2D eigenvalue weighted by Crippen LogP contribution is 2.24. The Morgan fingerprint density at radius 1 is 1.39 bits per heavy atom. The monoisotopic (exact) mass is 397 g/mol. The molecule has 1 saturated heterocycles. The van der Waals surface area contributed by atoms with E-state index < -0.39 is 0 Å². The molecule has 3 aromatic heterocycles. The normalized spacial score (nSPS) is 16.9. The van der Waals surface area contributed by atoms with Gasteiger partial charge in [-0.1, -0.05) is 0 Å². The molecule has 0 aromatic carbocycles. The van der Waals surface area contributed by atoms with Crippen molar-refractivity contribution in [3.05, 3.63) is 46.6 Å². The third-order valence-corrected chi connectivity index (χ3v) is 5.61. The van der Waals surface area contributed by atoms with Crippen molar-refractivity contribution in [2.45, 2.75) is 33.1 Å². The second-order valence-corrected chi connectivity index (χ2v) is 8.36. The number of H-pyrrole nitrogens is 1. The standard InChI is InChI=1S/C19H23N7OS/c1-12-10-20-19(28-12)24-17-9-15(22-13(2)23-17)8-14-4-3-7-26(11-14)18(27)16-5-6-21-25-16/h5-6,9-10,14H,3-4,7-8,11H2,1-2H3,(H,21,25)(H,20,22,23,24). The van der Waals surface area contributed by atoms with E-state index in [9.17, 15) is 4.79 Å². The third kappa shape index (κ3) is 4.36. The van der Waals surface area contributed by atoms with E-state index in [-0.39, 0.29) is 5.91 Å². The van der Waals surface area contributed by atoms with E-state index in [0.29, 0.717) is 11.6 Å². The number of piperidine rings is 1. The number of aromatic amines is 1. The lowest BCUT2D eigenvalue weighted by Gasteiger charge is -2.32. The number of anilines is 2. The number of nitrogens with zero attached hydrogens (tertiary/aromatic N) is 5. The average molecular weight is 398 g/mol. The smallest absolute Gasteiger partial charge is 0.271 e. The molecule has 9 heteroatoms. The maximum atomic E-state index is 12.6. The lowest BCUT2D eigenvalue weighted by molar-refractivity contribution is 0.0666. The Labute approximate surface area is 167 Å². The molecule has 3 aromatic rings. The summed E-state index contributed by atoms with van der Waals surface area (Å²) in [6.07, 6.45) is 6.36. The number of thiazole rings is 1. The fourth-order valence-corrected chi connectivity index (χ4v) is 4.25. The number of rotatable bonds is 5. The van der Waals surface area contributed by atoms with Crippen molar-refractivity contribution in [2.24, 2.45) is 5.92 Å². The summed E-state index contributed by atoms with van der Waals surface area (Å²) in [5, 5.41) is 10.7. The van der Waals surface area contributed by atoms with Gasteiger partial charge in [0.25, 0.3) is 5.91 Å². The molecule has 1 aliphatic heterocycles. The van der Waals surface area contributed by atoms with E-state index in [1.807, 2.05) is 31.0 Å². The molecule has 0 spiro atoms. The topological polar surface area (TPSA) is 99.7 Å². The number of hydrogen-bond donors (Lipinski definition) is 2. The first kappa shape index (κ1) is 18.5. The van der Waals surface area contributed by atoms with E-state index >= 15 is 0 Å². The first-order chi connectivity index (χ1) is 13.6. The Morgan fingerprint density at radius 3 is 3.04 bits per heavy atom. The fraction of sp³-hybridized carbons (Fsp3) is 0.421. The van der Waals surface area contributed by atoms with E-state index in [2.05, 4.69) is 30.5 Å². The van der Waals surface area contributed by atoms with Crippen molar-refractivity contribution in [1.82, 2.24) is 30.0 Å². The van der Waals surface area contributed by atoms with Crippen molar-refractivity contribution < 1.29 is 4.79 Å². The molecule has 1 aliphatic rings. The van der Waals surface area contributed by atoms with Crippen molar-refractivity contribution in [3.63, 3.8) is 0 Å². The highest BCUT2D eigenvalue weighted by Gasteiger charge is 2.25. The number of aromatic nitrogens is 5. The zero-order valence-electron chi connectivity index (χ0n) is 16.0. The molecule has 4 heterocycles. The fourth-order valence-electron chi connectivity index (χ4n) is 3.58. The highest BCUT2D eigenvalue weighted by atomic mass is 32.1. The Kier molecular flexibility index (Phi) is 5.34. The first-order valence-corrected chi connectivity index (χ1v) is 10.2. The maximum absolute atomic E-state index is 12.6. The van der Waals surface area contributed by atoms with Crippen molar-refractivity contribution >= 4 is 28.2 Å². The molecule has 1 amide bonds. The maximum Gasteiger partial charge on any atom is 0.271 e. The molecule has 8 nitrogen and oxygen atoms in total. The molecule has 1 unspecified atom stereocenters. The second kappa shape index (κ2) is 8.05. The summed E-state index contributed by atoms with van der Waals surface area (Å²) >= 11 is 1.60. The summed E-state index contributed by atoms with van der Waals surface area (Å²) in [4.78, 5) is 29.1. The van der Waals surface area contributed by atoms with Crippen LogP contribution in [0.4, 0.5) is 10.9 Å². The summed E-state index contributed by atoms with van der Waals surface area (Å²) in [5.74, 6) is 1.89. The lowest BCUT2D eigenvalue weighted by atomic mass is 9.93. The van der Waals surface area contributed by atoms with Gasteiger partial charge in [-0.25, -0.2) is 15.0 Å². The van der Waals surface area contributed by atoms with Crippen LogP contribution in [0, 0.1) is 19.8 Å². The van der Waals surface area contributed by atoms with Gasteiger partial charge in [-0.3, -0.25) is 9.89 Å². The van der Waals surface area contributed by atoms with Gasteiger partial charge in [0.2, 0.25) is 0 Å². The van der Waals surface area contributed by atoms with Gasteiger partial charge in [-0.2, -0.15) is 5.10 Å². The number of likely N-dealkylation sites (tertiary alicyclic amines) is 1. The van der Waals surface area contributed by atoms with Gasteiger partial charge in [-0.15, -0.1) is 11.3 Å². The van der Waals surface area contributed by atoms with Crippen LogP contribution in [-0.2, 0) is 6.42 Å². The van der Waals surface area contributed by atoms with Crippen LogP contribution in [0.1, 0.15) is 39.7 Å². The number of carbonyl (C=O) groups is 1. The van der Waals surface area contributed by atoms with Gasteiger partial charge in [-0.05, 0) is 45.1 Å². The van der Waals surface area contributed by atoms with Crippen LogP contribution in [0.3, 0.4) is 0 Å². The number of aryl methyl sites for hydroxylation is 2. The van der Waals surface area contributed by atoms with Crippen LogP contribution in [0.25, 0.3) is 0 Å². The molecule has 28 heavy (non-hydrogen) atoms. The number of carbonyl (C=O) groups excluding carboxylic acids is 1. The van der Waals surface area contributed by atoms with Crippen LogP contribution in [0.5, 0.6) is 0 Å². The summed E-state index contributed by atoms with van der Waals surface area (Å²) in [6.45, 7) is 5.44. The molecular weight excluding hydrogens is 374 g/mol. The SMILES string of the molecule is Cc1nc(CC2CCCN(C(=O)c3ccn[nH]3)C2)cc(Nc2ncc(C)s2)n1. The zero-order valence-corrected chi connectivity index (χ0v) is 16.8. The van der Waals surface area contributed by atoms with Crippen molar-refractivity contribution in [3.8, 4) is 0 Å². The minimum Gasteiger partial charge on any atom is -0.337 e. The van der Waals surface area contributed by atoms with Gasteiger partial charge in [0.05, 0.1) is 0 Å². The number of nitrogens with one attached hydrogen (secondary N) is 2. The van der Waals surface area contributed by atoms with Crippen LogP contribution < -0.4 is 5.32 Å². The second-order valence-electron chi connectivity index (χ2n) is 7.13. The van der Waals surface area contributed by atoms with E-state index in [1.54, 1.807) is 23.6 Å². The molecule has 1 atom stereocenters. The summed E-state index contributed by atoms with van der Waals surface area (Å²) in [5.41, 5.74) is 1.54. The van der Waals surface area contributed by atoms with Gasteiger partial charge in [0.15, 0.2) is 5.13 Å². The van der Waals surface area contributed by atoms with E-state index in [0.717, 1.165) is 59.7 Å². The molecule has 0 aliphatic carbocycles. The van der Waals surface area contributed by atoms with Crippen molar-refractivity contribution in [1.29, 1.82) is 0 Å². The Morgan fingerprint density at radius 2 is 2.29 bits per heavy atom. The van der Waals surface area contributed by atoms with E-state index in [1.165, 1.54) is 0 Å².